The van der Waals surface area contributed by atoms with E-state index < -0.39 is 26.6 Å². The average molecular weight is 295 g/mol. The van der Waals surface area contributed by atoms with E-state index in [0.717, 1.165) is 24.3 Å². The molecule has 0 atom stereocenters. The van der Waals surface area contributed by atoms with E-state index in [-0.39, 0.29) is 18.9 Å². The van der Waals surface area contributed by atoms with Gasteiger partial charge in [0.25, 0.3) is 0 Å². The summed E-state index contributed by atoms with van der Waals surface area (Å²) in [7, 11) is -4.65. The van der Waals surface area contributed by atoms with E-state index in [1.165, 1.54) is 0 Å². The number of hydrogen-bond acceptors (Lipinski definition) is 5. The zero-order valence-corrected chi connectivity index (χ0v) is 10.4. The van der Waals surface area contributed by atoms with E-state index in [4.69, 9.17) is 5.11 Å². The first-order chi connectivity index (χ1) is 8.87. The van der Waals surface area contributed by atoms with Crippen molar-refractivity contribution in [3.8, 4) is 0 Å². The van der Waals surface area contributed by atoms with E-state index in [9.17, 15) is 22.0 Å². The fourth-order valence-corrected chi connectivity index (χ4v) is 1.84. The summed E-state index contributed by atoms with van der Waals surface area (Å²) in [4.78, 5) is 10.5. The maximum Gasteiger partial charge on any atom is 0.411 e. The highest BCUT2D eigenvalue weighted by Crippen LogP contribution is 2.20. The van der Waals surface area contributed by atoms with Gasteiger partial charge in [0.2, 0.25) is 9.84 Å². The van der Waals surface area contributed by atoms with Crippen molar-refractivity contribution in [2.75, 3.05) is 18.5 Å². The van der Waals surface area contributed by atoms with Gasteiger partial charge < -0.3 is 9.84 Å². The minimum Gasteiger partial charge on any atom is -0.447 e. The lowest BCUT2D eigenvalue weighted by Crippen LogP contribution is -2.16. The first-order valence-corrected chi connectivity index (χ1v) is 6.59. The van der Waals surface area contributed by atoms with E-state index >= 15 is 0 Å². The van der Waals surface area contributed by atoms with Crippen molar-refractivity contribution in [3.05, 3.63) is 24.3 Å². The van der Waals surface area contributed by atoms with Crippen molar-refractivity contribution in [1.82, 2.24) is 0 Å². The van der Waals surface area contributed by atoms with Gasteiger partial charge in [-0.1, -0.05) is 0 Å². The number of halogens is 2. The quantitative estimate of drug-likeness (QED) is 0.852. The van der Waals surface area contributed by atoms with E-state index in [1.807, 2.05) is 0 Å². The minimum absolute atomic E-state index is 0.177. The average Bonchev–Trinajstić information content (AvgIpc) is 2.36. The van der Waals surface area contributed by atoms with Gasteiger partial charge in [0.05, 0.1) is 11.5 Å². The zero-order valence-electron chi connectivity index (χ0n) is 9.55. The Labute approximate surface area is 107 Å². The number of carbonyl (C=O) groups is 1. The molecule has 2 N–H and O–H groups in total. The van der Waals surface area contributed by atoms with Crippen LogP contribution in [0.15, 0.2) is 29.2 Å². The summed E-state index contributed by atoms with van der Waals surface area (Å²) in [6.07, 6.45) is -0.849. The predicted octanol–water partition coefficient (Wildman–Crippen LogP) is 1.22. The Balaban J connectivity index is 2.75. The Morgan fingerprint density at radius 3 is 2.37 bits per heavy atom. The third-order valence-corrected chi connectivity index (χ3v) is 3.39. The molecule has 0 unspecified atom stereocenters. The molecule has 0 aliphatic heterocycles. The van der Waals surface area contributed by atoms with Crippen LogP contribution >= 0.6 is 0 Å². The number of aliphatic hydroxyl groups is 1. The lowest BCUT2D eigenvalue weighted by molar-refractivity contribution is 0.131. The second kappa shape index (κ2) is 6.43. The number of amides is 1. The number of anilines is 1. The first kappa shape index (κ1) is 15.3. The van der Waals surface area contributed by atoms with Crippen molar-refractivity contribution in [2.24, 2.45) is 0 Å². The predicted molar refractivity (Wildman–Crippen MR) is 61.7 cm³/mol. The van der Waals surface area contributed by atoms with Crippen LogP contribution in [0.25, 0.3) is 0 Å². The molecule has 106 valence electrons. The molecular formula is C10H11F2NO5S. The topological polar surface area (TPSA) is 92.7 Å². The van der Waals surface area contributed by atoms with Gasteiger partial charge in [0.1, 0.15) is 6.61 Å². The second-order valence-electron chi connectivity index (χ2n) is 3.31. The molecule has 6 nitrogen and oxygen atoms in total. The van der Waals surface area contributed by atoms with Crippen molar-refractivity contribution in [2.45, 2.75) is 10.7 Å². The van der Waals surface area contributed by atoms with Crippen LogP contribution in [0.1, 0.15) is 0 Å². The summed E-state index contributed by atoms with van der Waals surface area (Å²) in [6, 6.07) is 4.19. The summed E-state index contributed by atoms with van der Waals surface area (Å²) in [5.74, 6) is -3.50. The minimum atomic E-state index is -4.65. The number of ether oxygens (including phenoxy) is 1. The molecule has 1 aromatic rings. The van der Waals surface area contributed by atoms with Crippen LogP contribution in [0, 0.1) is 0 Å². The Kier molecular flexibility index (Phi) is 5.19. The number of alkyl halides is 2. The van der Waals surface area contributed by atoms with Crippen LogP contribution in [0.2, 0.25) is 0 Å². The van der Waals surface area contributed by atoms with Gasteiger partial charge in [-0.15, -0.1) is 0 Å². The molecule has 1 aromatic carbocycles. The molecule has 1 amide bonds. The maximum absolute atomic E-state index is 12.2. The van der Waals surface area contributed by atoms with Crippen molar-refractivity contribution < 1.29 is 31.8 Å². The largest absolute Gasteiger partial charge is 0.447 e. The number of rotatable bonds is 5. The molecule has 0 aliphatic carbocycles. The molecule has 0 fully saturated rings. The highest BCUT2D eigenvalue weighted by molar-refractivity contribution is 7.91. The number of benzene rings is 1. The molecule has 0 saturated heterocycles. The smallest absolute Gasteiger partial charge is 0.411 e. The fourth-order valence-electron chi connectivity index (χ4n) is 1.12. The van der Waals surface area contributed by atoms with Gasteiger partial charge in [-0.3, -0.25) is 5.32 Å². The molecule has 1 rings (SSSR count). The maximum atomic E-state index is 12.2. The normalized spacial score (nSPS) is 11.4. The van der Waals surface area contributed by atoms with E-state index in [2.05, 4.69) is 10.1 Å². The molecule has 0 spiro atoms. The summed E-state index contributed by atoms with van der Waals surface area (Å²) in [5.41, 5.74) is 0.177. The molecule has 0 saturated carbocycles. The molecule has 19 heavy (non-hydrogen) atoms. The molecule has 0 bridgehead atoms. The zero-order chi connectivity index (χ0) is 14.5. The van der Waals surface area contributed by atoms with Crippen LogP contribution in [0.4, 0.5) is 19.3 Å². The molecule has 0 aliphatic rings. The van der Waals surface area contributed by atoms with Crippen LogP contribution in [-0.4, -0.2) is 38.6 Å². The summed E-state index contributed by atoms with van der Waals surface area (Å²) in [5, 5.41) is 10.6. The monoisotopic (exact) mass is 295 g/mol. The molecule has 9 heteroatoms. The number of carbonyl (C=O) groups excluding carboxylic acids is 1. The Morgan fingerprint density at radius 1 is 1.32 bits per heavy atom. The number of nitrogens with one attached hydrogen (secondary N) is 1. The van der Waals surface area contributed by atoms with Crippen LogP contribution in [-0.2, 0) is 14.6 Å². The first-order valence-electron chi connectivity index (χ1n) is 5.04. The Morgan fingerprint density at radius 2 is 1.89 bits per heavy atom. The van der Waals surface area contributed by atoms with Gasteiger partial charge in [-0.05, 0) is 24.3 Å². The Hall–Kier alpha value is -1.74. The third-order valence-electron chi connectivity index (χ3n) is 1.99. The lowest BCUT2D eigenvalue weighted by Gasteiger charge is -2.07. The highest BCUT2D eigenvalue weighted by Gasteiger charge is 2.26. The van der Waals surface area contributed by atoms with Gasteiger partial charge in [0, 0.05) is 5.69 Å². The standard InChI is InChI=1S/C10H11F2NO5S/c11-9(12)19(16,17)8-3-1-7(2-4-8)13-10(15)18-6-5-14/h1-4,9,14H,5-6H2,(H,13,15). The van der Waals surface area contributed by atoms with Gasteiger partial charge in [-0.25, -0.2) is 13.2 Å². The van der Waals surface area contributed by atoms with Crippen molar-refractivity contribution >= 4 is 21.6 Å². The van der Waals surface area contributed by atoms with Crippen molar-refractivity contribution in [3.63, 3.8) is 0 Å². The third kappa shape index (κ3) is 4.14. The number of aliphatic hydroxyl groups excluding tert-OH is 1. The van der Waals surface area contributed by atoms with Crippen LogP contribution < -0.4 is 5.32 Å². The lowest BCUT2D eigenvalue weighted by atomic mass is 10.3. The molecule has 0 heterocycles. The summed E-state index contributed by atoms with van der Waals surface area (Å²) >= 11 is 0. The van der Waals surface area contributed by atoms with Gasteiger partial charge in [-0.2, -0.15) is 8.78 Å². The van der Waals surface area contributed by atoms with Crippen molar-refractivity contribution in [1.29, 1.82) is 0 Å². The SMILES string of the molecule is O=C(Nc1ccc(S(=O)(=O)C(F)F)cc1)OCCO. The van der Waals surface area contributed by atoms with E-state index in [0.29, 0.717) is 0 Å². The number of hydrogen-bond donors (Lipinski definition) is 2. The van der Waals surface area contributed by atoms with Crippen LogP contribution in [0.5, 0.6) is 0 Å². The molecular weight excluding hydrogens is 284 g/mol. The fraction of sp³-hybridized carbons (Fsp3) is 0.300. The highest BCUT2D eigenvalue weighted by atomic mass is 32.2. The summed E-state index contributed by atoms with van der Waals surface area (Å²) < 4.78 is 51.2. The second-order valence-corrected chi connectivity index (χ2v) is 5.23. The van der Waals surface area contributed by atoms with Gasteiger partial charge >= 0.3 is 11.9 Å². The van der Waals surface area contributed by atoms with Gasteiger partial charge in [0.15, 0.2) is 0 Å². The van der Waals surface area contributed by atoms with E-state index in [1.54, 1.807) is 0 Å². The Bertz CT molecular complexity index is 529. The van der Waals surface area contributed by atoms with Crippen LogP contribution in [0.3, 0.4) is 0 Å². The number of sulfone groups is 1. The summed E-state index contributed by atoms with van der Waals surface area (Å²) in [6.45, 7) is -0.525. The molecule has 0 aromatic heterocycles. The molecule has 0 radical (unpaired) electrons.